The molecule has 1 saturated heterocycles. The number of nitrogen functional groups attached to an aromatic ring is 1. The second-order valence-electron chi connectivity index (χ2n) is 5.36. The summed E-state index contributed by atoms with van der Waals surface area (Å²) in [4.78, 5) is 17.8. The molecule has 1 fully saturated rings. The van der Waals surface area contributed by atoms with Crippen molar-refractivity contribution in [3.05, 3.63) is 12.5 Å². The minimum Gasteiger partial charge on any atom is -0.382 e. The van der Waals surface area contributed by atoms with Crippen LogP contribution in [0.2, 0.25) is 0 Å². The van der Waals surface area contributed by atoms with Gasteiger partial charge < -0.3 is 15.2 Å². The fraction of sp³-hybridized carbons (Fsp3) is 0.636. The summed E-state index contributed by atoms with van der Waals surface area (Å²) in [5.41, 5.74) is 5.25. The third kappa shape index (κ3) is 1.89. The number of carbonyl (C=O) groups is 1. The van der Waals surface area contributed by atoms with E-state index in [1.807, 2.05) is 36.4 Å². The Morgan fingerprint density at radius 2 is 2.12 bits per heavy atom. The topological polar surface area (TPSA) is 64.2 Å². The van der Waals surface area contributed by atoms with E-state index >= 15 is 0 Å². The van der Waals surface area contributed by atoms with Crippen LogP contribution in [0.4, 0.5) is 5.82 Å². The van der Waals surface area contributed by atoms with E-state index in [9.17, 15) is 4.79 Å². The van der Waals surface area contributed by atoms with Crippen molar-refractivity contribution in [3.8, 4) is 0 Å². The van der Waals surface area contributed by atoms with Gasteiger partial charge in [-0.05, 0) is 0 Å². The zero-order chi connectivity index (χ0) is 11.9. The summed E-state index contributed by atoms with van der Waals surface area (Å²) in [7, 11) is 0. The van der Waals surface area contributed by atoms with E-state index in [0.717, 1.165) is 13.1 Å². The molecule has 0 aromatic carbocycles. The predicted molar refractivity (Wildman–Crippen MR) is 61.7 cm³/mol. The third-order valence-corrected chi connectivity index (χ3v) is 2.83. The molecule has 0 aliphatic carbocycles. The van der Waals surface area contributed by atoms with Crippen LogP contribution >= 0.6 is 0 Å². The van der Waals surface area contributed by atoms with Crippen molar-refractivity contribution in [1.82, 2.24) is 14.5 Å². The first-order chi connectivity index (χ1) is 7.38. The van der Waals surface area contributed by atoms with Gasteiger partial charge in [-0.25, -0.2) is 4.98 Å². The van der Waals surface area contributed by atoms with Crippen LogP contribution < -0.4 is 5.73 Å². The Morgan fingerprint density at radius 3 is 2.56 bits per heavy atom. The van der Waals surface area contributed by atoms with Crippen molar-refractivity contribution in [1.29, 1.82) is 0 Å². The van der Waals surface area contributed by atoms with Gasteiger partial charge in [0.15, 0.2) is 0 Å². The maximum Gasteiger partial charge on any atom is 0.228 e. The van der Waals surface area contributed by atoms with Crippen LogP contribution in [-0.4, -0.2) is 33.4 Å². The maximum absolute atomic E-state index is 11.9. The van der Waals surface area contributed by atoms with Gasteiger partial charge in [0.2, 0.25) is 5.91 Å². The first-order valence-electron chi connectivity index (χ1n) is 5.46. The lowest BCUT2D eigenvalue weighted by atomic mass is 9.92. The second-order valence-corrected chi connectivity index (χ2v) is 5.36. The molecule has 1 aromatic heterocycles. The minimum atomic E-state index is -0.293. The fourth-order valence-electron chi connectivity index (χ4n) is 1.84. The fourth-order valence-corrected chi connectivity index (χ4v) is 1.84. The van der Waals surface area contributed by atoms with E-state index in [1.54, 1.807) is 6.33 Å². The van der Waals surface area contributed by atoms with Crippen molar-refractivity contribution in [2.24, 2.45) is 5.41 Å². The molecule has 0 atom stereocenters. The molecule has 0 unspecified atom stereocenters. The number of nitrogens with zero attached hydrogens (tertiary/aromatic N) is 3. The molecule has 0 bridgehead atoms. The van der Waals surface area contributed by atoms with Gasteiger partial charge in [-0.15, -0.1) is 0 Å². The predicted octanol–water partition coefficient (Wildman–Crippen LogP) is 0.895. The lowest BCUT2D eigenvalue weighted by Crippen LogP contribution is -2.53. The maximum atomic E-state index is 11.9. The van der Waals surface area contributed by atoms with Crippen LogP contribution in [0, 0.1) is 5.41 Å². The number of amides is 1. The zero-order valence-corrected chi connectivity index (χ0v) is 9.97. The molecule has 5 nitrogen and oxygen atoms in total. The smallest absolute Gasteiger partial charge is 0.228 e. The average Bonchev–Trinajstić information content (AvgIpc) is 2.47. The lowest BCUT2D eigenvalue weighted by molar-refractivity contribution is -0.145. The van der Waals surface area contributed by atoms with Gasteiger partial charge in [0, 0.05) is 24.7 Å². The van der Waals surface area contributed by atoms with Crippen LogP contribution in [0.25, 0.3) is 0 Å². The summed E-state index contributed by atoms with van der Waals surface area (Å²) in [6.07, 6.45) is 3.53. The van der Waals surface area contributed by atoms with Gasteiger partial charge >= 0.3 is 0 Å². The van der Waals surface area contributed by atoms with E-state index in [-0.39, 0.29) is 11.3 Å². The van der Waals surface area contributed by atoms with E-state index < -0.39 is 0 Å². The van der Waals surface area contributed by atoms with Gasteiger partial charge in [-0.3, -0.25) is 4.79 Å². The van der Waals surface area contributed by atoms with Crippen molar-refractivity contribution in [2.45, 2.75) is 26.8 Å². The van der Waals surface area contributed by atoms with Gasteiger partial charge in [0.1, 0.15) is 5.82 Å². The Balaban J connectivity index is 1.93. The molecule has 1 aromatic rings. The molecule has 0 spiro atoms. The number of likely N-dealkylation sites (tertiary alicyclic amines) is 1. The molecule has 16 heavy (non-hydrogen) atoms. The Labute approximate surface area is 95.2 Å². The summed E-state index contributed by atoms with van der Waals surface area (Å²) in [6.45, 7) is 7.34. The normalized spacial score (nSPS) is 17.3. The lowest BCUT2D eigenvalue weighted by Gasteiger charge is -2.42. The summed E-state index contributed by atoms with van der Waals surface area (Å²) in [6, 6.07) is 0.330. The SMILES string of the molecule is CC(C)(C)C(=O)N1CC(n2cnc(N)c2)C1. The summed E-state index contributed by atoms with van der Waals surface area (Å²) < 4.78 is 1.97. The van der Waals surface area contributed by atoms with Crippen LogP contribution in [-0.2, 0) is 4.79 Å². The molecule has 0 saturated carbocycles. The second kappa shape index (κ2) is 3.50. The van der Waals surface area contributed by atoms with E-state index in [4.69, 9.17) is 5.73 Å². The van der Waals surface area contributed by atoms with E-state index in [2.05, 4.69) is 4.98 Å². The zero-order valence-electron chi connectivity index (χ0n) is 9.97. The molecule has 1 aliphatic rings. The summed E-state index contributed by atoms with van der Waals surface area (Å²) in [5.74, 6) is 0.734. The first-order valence-corrected chi connectivity index (χ1v) is 5.46. The average molecular weight is 222 g/mol. The van der Waals surface area contributed by atoms with Gasteiger partial charge in [-0.2, -0.15) is 0 Å². The number of aromatic nitrogens is 2. The van der Waals surface area contributed by atoms with Gasteiger partial charge in [0.25, 0.3) is 0 Å². The van der Waals surface area contributed by atoms with Crippen LogP contribution in [0.5, 0.6) is 0 Å². The van der Waals surface area contributed by atoms with Crippen molar-refractivity contribution in [2.75, 3.05) is 18.8 Å². The standard InChI is InChI=1S/C11H18N4O/c1-11(2,3)10(16)14-4-8(5-14)15-6-9(12)13-7-15/h6-8H,4-5,12H2,1-3H3. The molecule has 1 aliphatic heterocycles. The Hall–Kier alpha value is -1.52. The number of nitrogens with two attached hydrogens (primary N) is 1. The van der Waals surface area contributed by atoms with E-state index in [1.165, 1.54) is 0 Å². The number of hydrogen-bond donors (Lipinski definition) is 1. The van der Waals surface area contributed by atoms with Crippen LogP contribution in [0.1, 0.15) is 26.8 Å². The Bertz CT molecular complexity index is 398. The van der Waals surface area contributed by atoms with Crippen LogP contribution in [0.15, 0.2) is 12.5 Å². The highest BCUT2D eigenvalue weighted by Gasteiger charge is 2.36. The van der Waals surface area contributed by atoms with Gasteiger partial charge in [-0.1, -0.05) is 20.8 Å². The van der Waals surface area contributed by atoms with Crippen molar-refractivity contribution < 1.29 is 4.79 Å². The summed E-state index contributed by atoms with van der Waals surface area (Å²) >= 11 is 0. The highest BCUT2D eigenvalue weighted by atomic mass is 16.2. The number of hydrogen-bond acceptors (Lipinski definition) is 3. The van der Waals surface area contributed by atoms with Crippen molar-refractivity contribution >= 4 is 11.7 Å². The Morgan fingerprint density at radius 1 is 1.50 bits per heavy atom. The summed E-state index contributed by atoms with van der Waals surface area (Å²) in [5, 5.41) is 0. The molecule has 0 radical (unpaired) electrons. The largest absolute Gasteiger partial charge is 0.382 e. The molecule has 88 valence electrons. The molecular formula is C11H18N4O. The van der Waals surface area contributed by atoms with Crippen LogP contribution in [0.3, 0.4) is 0 Å². The number of imidazole rings is 1. The Kier molecular flexibility index (Phi) is 2.40. The van der Waals surface area contributed by atoms with E-state index in [0.29, 0.717) is 11.9 Å². The number of rotatable bonds is 1. The van der Waals surface area contributed by atoms with Crippen molar-refractivity contribution in [3.63, 3.8) is 0 Å². The molecule has 2 heterocycles. The number of anilines is 1. The molecule has 1 amide bonds. The highest BCUT2D eigenvalue weighted by molar-refractivity contribution is 5.82. The quantitative estimate of drug-likeness (QED) is 0.767. The molecule has 2 N–H and O–H groups in total. The first kappa shape index (κ1) is 11.0. The highest BCUT2D eigenvalue weighted by Crippen LogP contribution is 2.27. The molecular weight excluding hydrogens is 204 g/mol. The molecule has 5 heteroatoms. The third-order valence-electron chi connectivity index (χ3n) is 2.83. The monoisotopic (exact) mass is 222 g/mol. The minimum absolute atomic E-state index is 0.205. The molecule has 2 rings (SSSR count). The van der Waals surface area contributed by atoms with Gasteiger partial charge in [0.05, 0.1) is 12.4 Å². The number of carbonyl (C=O) groups excluding carboxylic acids is 1.